The SMILES string of the molecule is O=P1(c2ncccn2)c2[c-]c(Oc3[c-]c(-c4ccccn4)ccc3)ccc2-c2ccc(Oc3[c-]c(-c4ccccn4)ccc3)[c-]c21.[Pd+2].[Pd+2]. The molecular formula is C38H21N4O3PPd2. The maximum absolute atomic E-state index is 15.2. The molecule has 1 aliphatic rings. The molecule has 0 fully saturated rings. The van der Waals surface area contributed by atoms with Crippen LogP contribution in [-0.2, 0) is 45.4 Å². The van der Waals surface area contributed by atoms with Gasteiger partial charge in [0, 0.05) is 47.8 Å². The predicted molar refractivity (Wildman–Crippen MR) is 175 cm³/mol. The minimum atomic E-state index is -3.61. The van der Waals surface area contributed by atoms with Crippen LogP contribution in [0.15, 0.2) is 128 Å². The molecule has 0 amide bonds. The average Bonchev–Trinajstić information content (AvgIpc) is 3.37. The molecule has 0 radical (unpaired) electrons. The summed E-state index contributed by atoms with van der Waals surface area (Å²) in [5.41, 5.74) is 4.82. The minimum Gasteiger partial charge on any atom is -0.503 e. The van der Waals surface area contributed by atoms with E-state index in [-0.39, 0.29) is 46.4 Å². The summed E-state index contributed by atoms with van der Waals surface area (Å²) in [5, 5.41) is 0.897. The van der Waals surface area contributed by atoms with Crippen molar-refractivity contribution in [1.29, 1.82) is 0 Å². The van der Waals surface area contributed by atoms with E-state index < -0.39 is 7.14 Å². The van der Waals surface area contributed by atoms with E-state index in [0.29, 0.717) is 33.6 Å². The van der Waals surface area contributed by atoms with Crippen LogP contribution >= 0.6 is 7.14 Å². The fourth-order valence-electron chi connectivity index (χ4n) is 5.34. The first kappa shape index (κ1) is 33.3. The molecule has 4 aromatic carbocycles. The summed E-state index contributed by atoms with van der Waals surface area (Å²) in [5.74, 6) is 1.73. The zero-order valence-corrected chi connectivity index (χ0v) is 28.7. The van der Waals surface area contributed by atoms with Crippen LogP contribution in [0.5, 0.6) is 23.0 Å². The summed E-state index contributed by atoms with van der Waals surface area (Å²) < 4.78 is 27.6. The number of benzene rings is 4. The zero-order valence-electron chi connectivity index (χ0n) is 24.7. The van der Waals surface area contributed by atoms with Gasteiger partial charge < -0.3 is 24.0 Å². The molecule has 7 aromatic rings. The van der Waals surface area contributed by atoms with Crippen LogP contribution < -0.4 is 25.6 Å². The Labute approximate surface area is 305 Å². The van der Waals surface area contributed by atoms with Gasteiger partial charge in [-0.05, 0) is 29.6 Å². The predicted octanol–water partition coefficient (Wildman–Crippen LogP) is 7.00. The molecule has 0 saturated heterocycles. The second-order valence-electron chi connectivity index (χ2n) is 10.3. The van der Waals surface area contributed by atoms with Gasteiger partial charge in [-0.25, -0.2) is 9.97 Å². The first-order valence-corrected chi connectivity index (χ1v) is 16.1. The number of hydrogen-bond acceptors (Lipinski definition) is 7. The Hall–Kier alpha value is -4.59. The number of hydrogen-bond donors (Lipinski definition) is 0. The van der Waals surface area contributed by atoms with Gasteiger partial charge in [-0.3, -0.25) is 0 Å². The molecule has 3 aromatic heterocycles. The van der Waals surface area contributed by atoms with Crippen LogP contribution in [0, 0.1) is 24.3 Å². The van der Waals surface area contributed by atoms with Crippen molar-refractivity contribution in [3.8, 4) is 56.6 Å². The first-order chi connectivity index (χ1) is 22.6. The molecule has 8 rings (SSSR count). The normalized spacial score (nSPS) is 12.1. The van der Waals surface area contributed by atoms with E-state index >= 15 is 4.57 Å². The van der Waals surface area contributed by atoms with Crippen molar-refractivity contribution < 1.29 is 54.9 Å². The molecule has 0 N–H and O–H groups in total. The molecular weight excluding hydrogens is 804 g/mol. The first-order valence-electron chi connectivity index (χ1n) is 14.4. The molecule has 0 atom stereocenters. The van der Waals surface area contributed by atoms with Gasteiger partial charge in [0.1, 0.15) is 0 Å². The Balaban J connectivity index is 0.00000201. The second kappa shape index (κ2) is 14.3. The topological polar surface area (TPSA) is 87.1 Å². The number of ether oxygens (including phenoxy) is 2. The molecule has 7 nitrogen and oxygen atoms in total. The number of pyridine rings is 2. The van der Waals surface area contributed by atoms with E-state index in [1.807, 2.05) is 72.8 Å². The molecule has 0 unspecified atom stereocenters. The van der Waals surface area contributed by atoms with Crippen LogP contribution in [0.3, 0.4) is 0 Å². The molecule has 1 aliphatic heterocycles. The Kier molecular flexibility index (Phi) is 9.90. The third-order valence-corrected chi connectivity index (χ3v) is 10.2. The van der Waals surface area contributed by atoms with E-state index in [2.05, 4.69) is 44.2 Å². The van der Waals surface area contributed by atoms with Crippen molar-refractivity contribution in [2.24, 2.45) is 0 Å². The molecule has 236 valence electrons. The Bertz CT molecular complexity index is 2120. The fraction of sp³-hybridized carbons (Fsp3) is 0. The van der Waals surface area contributed by atoms with E-state index in [1.165, 1.54) is 0 Å². The van der Waals surface area contributed by atoms with Crippen LogP contribution in [-0.4, -0.2) is 19.9 Å². The summed E-state index contributed by atoms with van der Waals surface area (Å²) >= 11 is 0. The van der Waals surface area contributed by atoms with E-state index in [0.717, 1.165) is 33.6 Å². The average molecular weight is 825 g/mol. The number of fused-ring (bicyclic) bond motifs is 3. The van der Waals surface area contributed by atoms with Crippen molar-refractivity contribution in [3.05, 3.63) is 152 Å². The van der Waals surface area contributed by atoms with Gasteiger partial charge in [0.05, 0.1) is 0 Å². The van der Waals surface area contributed by atoms with Gasteiger partial charge in [-0.1, -0.05) is 47.0 Å². The maximum Gasteiger partial charge on any atom is 2.00 e. The van der Waals surface area contributed by atoms with Gasteiger partial charge in [-0.15, -0.1) is 71.8 Å². The van der Waals surface area contributed by atoms with Gasteiger partial charge in [0.25, 0.3) is 0 Å². The van der Waals surface area contributed by atoms with E-state index in [9.17, 15) is 0 Å². The number of nitrogens with zero attached hydrogens (tertiary/aromatic N) is 4. The smallest absolute Gasteiger partial charge is 0.503 e. The molecule has 0 aliphatic carbocycles. The van der Waals surface area contributed by atoms with Crippen molar-refractivity contribution in [2.75, 3.05) is 0 Å². The largest absolute Gasteiger partial charge is 2.00 e. The van der Waals surface area contributed by atoms with Crippen molar-refractivity contribution in [2.45, 2.75) is 0 Å². The Morgan fingerprint density at radius 3 is 1.38 bits per heavy atom. The van der Waals surface area contributed by atoms with Crippen molar-refractivity contribution >= 4 is 23.3 Å². The molecule has 0 bridgehead atoms. The third kappa shape index (κ3) is 6.33. The van der Waals surface area contributed by atoms with E-state index in [1.54, 1.807) is 55.1 Å². The summed E-state index contributed by atoms with van der Waals surface area (Å²) in [6.45, 7) is 0. The quantitative estimate of drug-likeness (QED) is 0.0973. The molecule has 0 spiro atoms. The van der Waals surface area contributed by atoms with Crippen LogP contribution in [0.2, 0.25) is 0 Å². The van der Waals surface area contributed by atoms with Gasteiger partial charge in [0.15, 0.2) is 12.7 Å². The van der Waals surface area contributed by atoms with Crippen LogP contribution in [0.25, 0.3) is 33.6 Å². The van der Waals surface area contributed by atoms with Crippen molar-refractivity contribution in [1.82, 2.24) is 19.9 Å². The Morgan fingerprint density at radius 1 is 0.458 bits per heavy atom. The number of rotatable bonds is 7. The maximum atomic E-state index is 15.2. The van der Waals surface area contributed by atoms with Gasteiger partial charge >= 0.3 is 40.8 Å². The standard InChI is InChI=1S/C38H21N4O3P.2Pd/c43-46(38-41-20-7-21-42-38)36-24-30(44-28-10-5-8-26(22-28)34-12-1-3-18-39-34)14-16-32(36)33-17-15-31(25-37(33)46)45-29-11-6-9-27(23-29)35-13-2-4-19-40-35;;/h1-21H;;/q-4;2*+2. The van der Waals surface area contributed by atoms with Crippen LogP contribution in [0.1, 0.15) is 0 Å². The fourth-order valence-corrected chi connectivity index (χ4v) is 8.02. The van der Waals surface area contributed by atoms with Gasteiger partial charge in [-0.2, -0.15) is 23.3 Å². The van der Waals surface area contributed by atoms with Crippen molar-refractivity contribution in [3.63, 3.8) is 0 Å². The molecule has 4 heterocycles. The molecule has 48 heavy (non-hydrogen) atoms. The third-order valence-electron chi connectivity index (χ3n) is 7.41. The van der Waals surface area contributed by atoms with Gasteiger partial charge in [0.2, 0.25) is 0 Å². The van der Waals surface area contributed by atoms with Crippen LogP contribution in [0.4, 0.5) is 0 Å². The summed E-state index contributed by atoms with van der Waals surface area (Å²) in [6, 6.07) is 44.7. The minimum absolute atomic E-state index is 0. The Morgan fingerprint density at radius 2 is 0.917 bits per heavy atom. The molecule has 0 saturated carbocycles. The summed E-state index contributed by atoms with van der Waals surface area (Å²) in [4.78, 5) is 17.7. The van der Waals surface area contributed by atoms with E-state index in [4.69, 9.17) is 9.47 Å². The zero-order chi connectivity index (χ0) is 30.9. The number of aromatic nitrogens is 4. The second-order valence-corrected chi connectivity index (χ2v) is 12.8. The summed E-state index contributed by atoms with van der Waals surface area (Å²) in [6.07, 6.45) is 6.63. The monoisotopic (exact) mass is 824 g/mol. The summed E-state index contributed by atoms with van der Waals surface area (Å²) in [7, 11) is -3.61. The molecule has 10 heteroatoms.